The Morgan fingerprint density at radius 3 is 2.52 bits per heavy atom. The molecule has 0 unspecified atom stereocenters. The van der Waals surface area contributed by atoms with Crippen LogP contribution in [0, 0.1) is 12.8 Å². The van der Waals surface area contributed by atoms with Crippen LogP contribution < -0.4 is 10.2 Å². The predicted molar refractivity (Wildman–Crippen MR) is 131 cm³/mol. The number of hydrogen-bond acceptors (Lipinski definition) is 4. The highest BCUT2D eigenvalue weighted by Gasteiger charge is 2.26. The summed E-state index contributed by atoms with van der Waals surface area (Å²) in [5.41, 5.74) is 4.75. The Labute approximate surface area is 198 Å². The number of nitrogens with one attached hydrogen (secondary N) is 1. The monoisotopic (exact) mass is 459 g/mol. The zero-order valence-corrected chi connectivity index (χ0v) is 19.3. The van der Waals surface area contributed by atoms with Crippen molar-refractivity contribution in [2.24, 2.45) is 5.92 Å². The van der Waals surface area contributed by atoms with E-state index in [-0.39, 0.29) is 11.8 Å². The maximum atomic E-state index is 12.7. The van der Waals surface area contributed by atoms with Crippen molar-refractivity contribution in [3.05, 3.63) is 83.0 Å². The highest BCUT2D eigenvalue weighted by molar-refractivity contribution is 6.30. The van der Waals surface area contributed by atoms with Gasteiger partial charge in [0.05, 0.1) is 5.69 Å². The number of hydrogen-bond donors (Lipinski definition) is 1. The van der Waals surface area contributed by atoms with Gasteiger partial charge in [-0.2, -0.15) is 9.61 Å². The lowest BCUT2D eigenvalue weighted by molar-refractivity contribution is -0.125. The molecule has 1 aliphatic heterocycles. The van der Waals surface area contributed by atoms with Crippen molar-refractivity contribution in [1.82, 2.24) is 19.9 Å². The molecule has 33 heavy (non-hydrogen) atoms. The number of halogens is 1. The fourth-order valence-electron chi connectivity index (χ4n) is 4.37. The molecule has 168 valence electrons. The topological polar surface area (TPSA) is 62.5 Å². The quantitative estimate of drug-likeness (QED) is 0.461. The third kappa shape index (κ3) is 4.71. The van der Waals surface area contributed by atoms with Gasteiger partial charge in [-0.1, -0.05) is 54.1 Å². The summed E-state index contributed by atoms with van der Waals surface area (Å²) in [5, 5.41) is 8.63. The maximum Gasteiger partial charge on any atom is 0.223 e. The van der Waals surface area contributed by atoms with Crippen LogP contribution in [0.25, 0.3) is 16.9 Å². The summed E-state index contributed by atoms with van der Waals surface area (Å²) in [5.74, 6) is 1.19. The molecule has 2 aromatic carbocycles. The van der Waals surface area contributed by atoms with Gasteiger partial charge in [0.1, 0.15) is 5.82 Å². The molecule has 0 saturated carbocycles. The van der Waals surface area contributed by atoms with E-state index in [1.807, 2.05) is 72.1 Å². The average molecular weight is 460 g/mol. The fourth-order valence-corrected chi connectivity index (χ4v) is 4.49. The summed E-state index contributed by atoms with van der Waals surface area (Å²) in [7, 11) is 0. The van der Waals surface area contributed by atoms with E-state index in [2.05, 4.69) is 21.3 Å². The number of aryl methyl sites for hydroxylation is 1. The van der Waals surface area contributed by atoms with Crippen LogP contribution in [0.4, 0.5) is 5.82 Å². The first-order valence-electron chi connectivity index (χ1n) is 11.3. The number of fused-ring (bicyclic) bond motifs is 1. The van der Waals surface area contributed by atoms with Crippen molar-refractivity contribution in [2.75, 3.05) is 18.0 Å². The zero-order valence-electron chi connectivity index (χ0n) is 18.5. The van der Waals surface area contributed by atoms with Crippen LogP contribution in [-0.4, -0.2) is 33.6 Å². The van der Waals surface area contributed by atoms with Gasteiger partial charge in [-0.15, -0.1) is 0 Å². The lowest BCUT2D eigenvalue weighted by atomic mass is 9.95. The number of nitrogens with zero attached hydrogens (tertiary/aromatic N) is 4. The molecule has 4 aromatic rings. The van der Waals surface area contributed by atoms with Crippen LogP contribution >= 0.6 is 11.6 Å². The number of aromatic nitrogens is 3. The Hall–Kier alpha value is -3.38. The largest absolute Gasteiger partial charge is 0.356 e. The molecule has 0 bridgehead atoms. The van der Waals surface area contributed by atoms with Crippen LogP contribution in [-0.2, 0) is 11.3 Å². The number of anilines is 1. The summed E-state index contributed by atoms with van der Waals surface area (Å²) in [6.45, 7) is 4.18. The molecule has 0 spiro atoms. The van der Waals surface area contributed by atoms with Crippen LogP contribution in [0.1, 0.15) is 24.1 Å². The summed E-state index contributed by atoms with van der Waals surface area (Å²) in [6, 6.07) is 21.8. The fraction of sp³-hybridized carbons (Fsp3) is 0.269. The van der Waals surface area contributed by atoms with Crippen molar-refractivity contribution in [2.45, 2.75) is 26.3 Å². The smallest absolute Gasteiger partial charge is 0.223 e. The third-order valence-corrected chi connectivity index (χ3v) is 6.43. The maximum absolute atomic E-state index is 12.7. The summed E-state index contributed by atoms with van der Waals surface area (Å²) in [4.78, 5) is 19.7. The van der Waals surface area contributed by atoms with Crippen LogP contribution in [0.5, 0.6) is 0 Å². The van der Waals surface area contributed by atoms with Gasteiger partial charge in [0.25, 0.3) is 0 Å². The van der Waals surface area contributed by atoms with E-state index in [0.717, 1.165) is 59.9 Å². The first-order chi connectivity index (χ1) is 16.1. The minimum Gasteiger partial charge on any atom is -0.356 e. The van der Waals surface area contributed by atoms with Crippen molar-refractivity contribution in [3.8, 4) is 11.3 Å². The van der Waals surface area contributed by atoms with E-state index >= 15 is 0 Å². The Morgan fingerprint density at radius 2 is 1.79 bits per heavy atom. The second kappa shape index (κ2) is 9.24. The van der Waals surface area contributed by atoms with E-state index in [1.165, 1.54) is 0 Å². The lowest BCUT2D eigenvalue weighted by Gasteiger charge is -2.33. The van der Waals surface area contributed by atoms with E-state index in [4.69, 9.17) is 16.7 Å². The number of piperidine rings is 1. The summed E-state index contributed by atoms with van der Waals surface area (Å²) in [6.07, 6.45) is 1.63. The van der Waals surface area contributed by atoms with Crippen LogP contribution in [0.3, 0.4) is 0 Å². The lowest BCUT2D eigenvalue weighted by Crippen LogP contribution is -2.41. The van der Waals surface area contributed by atoms with Gasteiger partial charge in [0.15, 0.2) is 5.65 Å². The second-order valence-corrected chi connectivity index (χ2v) is 8.96. The average Bonchev–Trinajstić information content (AvgIpc) is 3.27. The minimum absolute atomic E-state index is 0.0330. The molecule has 6 nitrogen and oxygen atoms in total. The Bertz CT molecular complexity index is 1260. The first kappa shape index (κ1) is 21.5. The molecule has 1 fully saturated rings. The Kier molecular flexibility index (Phi) is 6.01. The minimum atomic E-state index is 0.0330. The Morgan fingerprint density at radius 1 is 1.06 bits per heavy atom. The van der Waals surface area contributed by atoms with E-state index in [1.54, 1.807) is 0 Å². The summed E-state index contributed by atoms with van der Waals surface area (Å²) < 4.78 is 1.91. The van der Waals surface area contributed by atoms with Crippen LogP contribution in [0.15, 0.2) is 66.7 Å². The van der Waals surface area contributed by atoms with Gasteiger partial charge in [-0.3, -0.25) is 4.79 Å². The molecule has 0 radical (unpaired) electrons. The van der Waals surface area contributed by atoms with Gasteiger partial charge in [-0.05, 0) is 37.5 Å². The van der Waals surface area contributed by atoms with Gasteiger partial charge < -0.3 is 10.2 Å². The van der Waals surface area contributed by atoms with Crippen molar-refractivity contribution in [1.29, 1.82) is 0 Å². The van der Waals surface area contributed by atoms with Gasteiger partial charge >= 0.3 is 0 Å². The van der Waals surface area contributed by atoms with Gasteiger partial charge in [0, 0.05) is 54.0 Å². The number of carbonyl (C=O) groups excluding carboxylic acids is 1. The molecular weight excluding hydrogens is 434 g/mol. The highest BCUT2D eigenvalue weighted by atomic mass is 35.5. The van der Waals surface area contributed by atoms with Crippen molar-refractivity contribution in [3.63, 3.8) is 0 Å². The molecule has 1 aliphatic rings. The molecule has 1 amide bonds. The molecular formula is C26H26ClN5O. The molecule has 3 heterocycles. The van der Waals surface area contributed by atoms with Crippen molar-refractivity contribution >= 4 is 29.0 Å². The van der Waals surface area contributed by atoms with Crippen molar-refractivity contribution < 1.29 is 4.79 Å². The van der Waals surface area contributed by atoms with E-state index < -0.39 is 0 Å². The summed E-state index contributed by atoms with van der Waals surface area (Å²) >= 11 is 6.04. The number of carbonyl (C=O) groups is 1. The molecule has 0 atom stereocenters. The molecule has 1 N–H and O–H groups in total. The zero-order chi connectivity index (χ0) is 22.8. The first-order valence-corrected chi connectivity index (χ1v) is 11.6. The van der Waals surface area contributed by atoms with Gasteiger partial charge in [0.2, 0.25) is 5.91 Å². The molecule has 1 saturated heterocycles. The normalized spacial score (nSPS) is 14.5. The molecule has 7 heteroatoms. The molecule has 2 aromatic heterocycles. The Balaban J connectivity index is 1.30. The number of amides is 1. The van der Waals surface area contributed by atoms with E-state index in [9.17, 15) is 4.79 Å². The standard InChI is InChI=1S/C26H26ClN5O/c1-18-15-25(32-24(29-18)16-23(30-32)20-7-9-22(27)10-8-20)31-13-11-21(12-14-31)26(33)28-17-19-5-3-2-4-6-19/h2-10,15-16,21H,11-14,17H2,1H3,(H,28,33). The highest BCUT2D eigenvalue weighted by Crippen LogP contribution is 2.27. The number of benzene rings is 2. The molecule has 0 aliphatic carbocycles. The molecule has 5 rings (SSSR count). The van der Waals surface area contributed by atoms with E-state index in [0.29, 0.717) is 11.6 Å². The third-order valence-electron chi connectivity index (χ3n) is 6.18. The van der Waals surface area contributed by atoms with Crippen LogP contribution in [0.2, 0.25) is 5.02 Å². The number of rotatable bonds is 5. The predicted octanol–water partition coefficient (Wildman–Crippen LogP) is 4.89. The van der Waals surface area contributed by atoms with Gasteiger partial charge in [-0.25, -0.2) is 4.98 Å². The second-order valence-electron chi connectivity index (χ2n) is 8.53. The SMILES string of the molecule is Cc1cc(N2CCC(C(=O)NCc3ccccc3)CC2)n2nc(-c3ccc(Cl)cc3)cc2n1.